The fourth-order valence-electron chi connectivity index (χ4n) is 2.25. The van der Waals surface area contributed by atoms with E-state index in [4.69, 9.17) is 11.6 Å². The zero-order valence-corrected chi connectivity index (χ0v) is 13.2. The highest BCUT2D eigenvalue weighted by atomic mass is 35.5. The van der Waals surface area contributed by atoms with Crippen molar-refractivity contribution in [1.29, 1.82) is 0 Å². The Kier molecular flexibility index (Phi) is 5.08. The first-order valence-electron chi connectivity index (χ1n) is 6.64. The van der Waals surface area contributed by atoms with E-state index in [0.717, 1.165) is 25.6 Å². The SMILES string of the molecule is CS(=O)(=O)Nc1ccc(Cl)c(NC(=O)CC2CCCN2)c1. The van der Waals surface area contributed by atoms with E-state index in [1.807, 2.05) is 0 Å². The van der Waals surface area contributed by atoms with Gasteiger partial charge in [0.05, 0.1) is 22.7 Å². The van der Waals surface area contributed by atoms with Crippen molar-refractivity contribution in [2.45, 2.75) is 25.3 Å². The minimum Gasteiger partial charge on any atom is -0.325 e. The largest absolute Gasteiger partial charge is 0.325 e. The molecule has 1 fully saturated rings. The van der Waals surface area contributed by atoms with E-state index in [-0.39, 0.29) is 11.9 Å². The fraction of sp³-hybridized carbons (Fsp3) is 0.462. The smallest absolute Gasteiger partial charge is 0.229 e. The molecule has 0 radical (unpaired) electrons. The molecule has 1 amide bonds. The second-order valence-corrected chi connectivity index (χ2v) is 7.27. The van der Waals surface area contributed by atoms with E-state index >= 15 is 0 Å². The lowest BCUT2D eigenvalue weighted by Gasteiger charge is -2.13. The van der Waals surface area contributed by atoms with Crippen molar-refractivity contribution in [3.05, 3.63) is 23.2 Å². The van der Waals surface area contributed by atoms with Gasteiger partial charge in [0.2, 0.25) is 15.9 Å². The molecule has 8 heteroatoms. The van der Waals surface area contributed by atoms with Crippen LogP contribution >= 0.6 is 11.6 Å². The molecule has 21 heavy (non-hydrogen) atoms. The number of carbonyl (C=O) groups is 1. The molecule has 2 rings (SSSR count). The minimum atomic E-state index is -3.37. The predicted molar refractivity (Wildman–Crippen MR) is 84.2 cm³/mol. The summed E-state index contributed by atoms with van der Waals surface area (Å²) >= 11 is 6.02. The Morgan fingerprint density at radius 2 is 2.24 bits per heavy atom. The van der Waals surface area contributed by atoms with Gasteiger partial charge >= 0.3 is 0 Å². The highest BCUT2D eigenvalue weighted by Crippen LogP contribution is 2.26. The molecule has 1 heterocycles. The van der Waals surface area contributed by atoms with Crippen molar-refractivity contribution in [2.24, 2.45) is 0 Å². The Morgan fingerprint density at radius 1 is 1.48 bits per heavy atom. The van der Waals surface area contributed by atoms with Crippen molar-refractivity contribution < 1.29 is 13.2 Å². The van der Waals surface area contributed by atoms with Gasteiger partial charge in [-0.1, -0.05) is 11.6 Å². The number of carbonyl (C=O) groups excluding carboxylic acids is 1. The molecule has 0 aliphatic carbocycles. The first-order valence-corrected chi connectivity index (χ1v) is 8.91. The minimum absolute atomic E-state index is 0.146. The zero-order chi connectivity index (χ0) is 15.5. The van der Waals surface area contributed by atoms with Crippen LogP contribution in [0.25, 0.3) is 0 Å². The monoisotopic (exact) mass is 331 g/mol. The summed E-state index contributed by atoms with van der Waals surface area (Å²) in [5.74, 6) is -0.146. The van der Waals surface area contributed by atoms with Gasteiger partial charge in [-0.2, -0.15) is 0 Å². The highest BCUT2D eigenvalue weighted by molar-refractivity contribution is 7.92. The Bertz CT molecular complexity index is 628. The lowest BCUT2D eigenvalue weighted by Crippen LogP contribution is -2.27. The summed E-state index contributed by atoms with van der Waals surface area (Å²) in [6.45, 7) is 0.937. The van der Waals surface area contributed by atoms with Crippen molar-refractivity contribution in [3.63, 3.8) is 0 Å². The Morgan fingerprint density at radius 3 is 2.86 bits per heavy atom. The summed E-state index contributed by atoms with van der Waals surface area (Å²) in [6.07, 6.45) is 3.50. The summed E-state index contributed by atoms with van der Waals surface area (Å²) in [5, 5.41) is 6.33. The number of hydrogen-bond donors (Lipinski definition) is 3. The van der Waals surface area contributed by atoms with Gasteiger partial charge in [-0.05, 0) is 37.6 Å². The lowest BCUT2D eigenvalue weighted by molar-refractivity contribution is -0.116. The quantitative estimate of drug-likeness (QED) is 0.767. The maximum Gasteiger partial charge on any atom is 0.229 e. The molecule has 116 valence electrons. The molecular formula is C13H18ClN3O3S. The van der Waals surface area contributed by atoms with Crippen LogP contribution in [0.2, 0.25) is 5.02 Å². The number of halogens is 1. The van der Waals surface area contributed by atoms with Crippen molar-refractivity contribution >= 4 is 38.9 Å². The van der Waals surface area contributed by atoms with Gasteiger partial charge in [-0.3, -0.25) is 9.52 Å². The van der Waals surface area contributed by atoms with Crippen LogP contribution in [0.4, 0.5) is 11.4 Å². The Labute approximate surface area is 129 Å². The van der Waals surface area contributed by atoms with E-state index in [0.29, 0.717) is 22.8 Å². The molecule has 1 aliphatic rings. The fourth-order valence-corrected chi connectivity index (χ4v) is 2.97. The first kappa shape index (κ1) is 16.1. The van der Waals surface area contributed by atoms with E-state index in [1.54, 1.807) is 6.07 Å². The molecule has 3 N–H and O–H groups in total. The molecular weight excluding hydrogens is 314 g/mol. The van der Waals surface area contributed by atoms with Crippen LogP contribution in [-0.2, 0) is 14.8 Å². The number of benzene rings is 1. The Hall–Kier alpha value is -1.31. The van der Waals surface area contributed by atoms with E-state index in [2.05, 4.69) is 15.4 Å². The maximum atomic E-state index is 12.0. The normalized spacial score (nSPS) is 18.5. The van der Waals surface area contributed by atoms with Crippen LogP contribution < -0.4 is 15.4 Å². The van der Waals surface area contributed by atoms with E-state index in [1.165, 1.54) is 12.1 Å². The molecule has 1 aromatic rings. The van der Waals surface area contributed by atoms with Gasteiger partial charge in [-0.25, -0.2) is 8.42 Å². The topological polar surface area (TPSA) is 87.3 Å². The third-order valence-corrected chi connectivity index (χ3v) is 4.07. The summed E-state index contributed by atoms with van der Waals surface area (Å²) in [7, 11) is -3.37. The van der Waals surface area contributed by atoms with Crippen LogP contribution in [0.1, 0.15) is 19.3 Å². The summed E-state index contributed by atoms with van der Waals surface area (Å²) < 4.78 is 24.8. The standard InChI is InChI=1S/C13H18ClN3O3S/c1-21(19,20)17-10-4-5-11(14)12(7-10)16-13(18)8-9-3-2-6-15-9/h4-5,7,9,15,17H,2-3,6,8H2,1H3,(H,16,18). The molecule has 1 unspecified atom stereocenters. The number of rotatable bonds is 5. The molecule has 0 spiro atoms. The van der Waals surface area contributed by atoms with Gasteiger partial charge in [0.1, 0.15) is 0 Å². The van der Waals surface area contributed by atoms with Gasteiger partial charge < -0.3 is 10.6 Å². The van der Waals surface area contributed by atoms with Crippen LogP contribution in [0.15, 0.2) is 18.2 Å². The lowest BCUT2D eigenvalue weighted by atomic mass is 10.1. The molecule has 0 aromatic heterocycles. The highest BCUT2D eigenvalue weighted by Gasteiger charge is 2.18. The number of hydrogen-bond acceptors (Lipinski definition) is 4. The van der Waals surface area contributed by atoms with Gasteiger partial charge in [-0.15, -0.1) is 0 Å². The average Bonchev–Trinajstić information content (AvgIpc) is 2.84. The van der Waals surface area contributed by atoms with Crippen LogP contribution in [0.3, 0.4) is 0 Å². The van der Waals surface area contributed by atoms with Crippen LogP contribution in [-0.4, -0.2) is 33.2 Å². The summed E-state index contributed by atoms with van der Waals surface area (Å²) in [4.78, 5) is 12.0. The second-order valence-electron chi connectivity index (χ2n) is 5.11. The molecule has 1 saturated heterocycles. The van der Waals surface area contributed by atoms with Crippen LogP contribution in [0, 0.1) is 0 Å². The number of sulfonamides is 1. The molecule has 6 nitrogen and oxygen atoms in total. The zero-order valence-electron chi connectivity index (χ0n) is 11.6. The van der Waals surface area contributed by atoms with E-state index < -0.39 is 10.0 Å². The third-order valence-electron chi connectivity index (χ3n) is 3.14. The molecule has 0 saturated carbocycles. The van der Waals surface area contributed by atoms with Crippen molar-refractivity contribution in [2.75, 3.05) is 22.8 Å². The van der Waals surface area contributed by atoms with Crippen molar-refractivity contribution in [1.82, 2.24) is 5.32 Å². The number of anilines is 2. The molecule has 0 bridgehead atoms. The van der Waals surface area contributed by atoms with Crippen molar-refractivity contribution in [3.8, 4) is 0 Å². The molecule has 1 aromatic carbocycles. The van der Waals surface area contributed by atoms with Crippen LogP contribution in [0.5, 0.6) is 0 Å². The van der Waals surface area contributed by atoms with Gasteiger partial charge in [0.25, 0.3) is 0 Å². The molecule has 1 atom stereocenters. The summed E-state index contributed by atoms with van der Waals surface area (Å²) in [6, 6.07) is 4.78. The predicted octanol–water partition coefficient (Wildman–Crippen LogP) is 1.79. The van der Waals surface area contributed by atoms with Gasteiger partial charge in [0, 0.05) is 12.5 Å². The maximum absolute atomic E-state index is 12.0. The summed E-state index contributed by atoms with van der Waals surface area (Å²) in [5.41, 5.74) is 0.754. The average molecular weight is 332 g/mol. The third kappa shape index (κ3) is 5.18. The van der Waals surface area contributed by atoms with Gasteiger partial charge in [0.15, 0.2) is 0 Å². The number of nitrogens with one attached hydrogen (secondary N) is 3. The number of amides is 1. The first-order chi connectivity index (χ1) is 9.83. The second kappa shape index (κ2) is 6.64. The van der Waals surface area contributed by atoms with E-state index in [9.17, 15) is 13.2 Å². The Balaban J connectivity index is 2.04. The molecule has 1 aliphatic heterocycles.